The van der Waals surface area contributed by atoms with Crippen LogP contribution < -0.4 is 5.32 Å². The number of terminal acetylenes is 1. The van der Waals surface area contributed by atoms with Crippen molar-refractivity contribution in [3.8, 4) is 12.3 Å². The van der Waals surface area contributed by atoms with Gasteiger partial charge in [0, 0.05) is 6.04 Å². The van der Waals surface area contributed by atoms with Gasteiger partial charge >= 0.3 is 0 Å². The fourth-order valence-corrected chi connectivity index (χ4v) is 3.56. The van der Waals surface area contributed by atoms with E-state index in [2.05, 4.69) is 26.2 Å². The van der Waals surface area contributed by atoms with Gasteiger partial charge in [-0.3, -0.25) is 4.57 Å². The second-order valence-corrected chi connectivity index (χ2v) is 6.35. The molecule has 1 N–H and O–H groups in total. The molecule has 2 aromatic rings. The van der Waals surface area contributed by atoms with E-state index in [-0.39, 0.29) is 12.3 Å². The van der Waals surface area contributed by atoms with Crippen molar-refractivity contribution in [3.63, 3.8) is 0 Å². The van der Waals surface area contributed by atoms with Crippen molar-refractivity contribution in [3.05, 3.63) is 12.7 Å². The van der Waals surface area contributed by atoms with Gasteiger partial charge in [-0.05, 0) is 25.7 Å². The summed E-state index contributed by atoms with van der Waals surface area (Å²) in [5.41, 5.74) is 1.62. The van der Waals surface area contributed by atoms with Crippen molar-refractivity contribution in [1.29, 1.82) is 0 Å². The standard InChI is InChI=1S/C17H21N5O/c1-2-13-8-9-14(23-13)22-11-20-15-16(18-10-19-17(15)22)21-12-6-4-3-5-7-12/h1,10-14H,3-9H2,(H,18,19,21)/t13-,14+/m0/s1. The molecule has 23 heavy (non-hydrogen) atoms. The highest BCUT2D eigenvalue weighted by molar-refractivity contribution is 5.82. The van der Waals surface area contributed by atoms with Crippen LogP contribution in [0.1, 0.15) is 51.2 Å². The van der Waals surface area contributed by atoms with Crippen LogP contribution in [-0.2, 0) is 4.74 Å². The molecule has 6 nitrogen and oxygen atoms in total. The fourth-order valence-electron chi connectivity index (χ4n) is 3.56. The van der Waals surface area contributed by atoms with E-state index in [0.29, 0.717) is 6.04 Å². The zero-order valence-corrected chi connectivity index (χ0v) is 13.1. The summed E-state index contributed by atoms with van der Waals surface area (Å²) >= 11 is 0. The lowest BCUT2D eigenvalue weighted by molar-refractivity contribution is 0.0300. The van der Waals surface area contributed by atoms with E-state index in [1.807, 2.05) is 4.57 Å². The first-order valence-electron chi connectivity index (χ1n) is 8.41. The molecule has 120 valence electrons. The molecule has 2 fully saturated rings. The predicted octanol–water partition coefficient (Wildman–Crippen LogP) is 2.88. The number of anilines is 1. The number of fused-ring (bicyclic) bond motifs is 1. The van der Waals surface area contributed by atoms with Gasteiger partial charge in [-0.15, -0.1) is 6.42 Å². The molecule has 0 spiro atoms. The molecule has 2 aliphatic rings. The van der Waals surface area contributed by atoms with E-state index >= 15 is 0 Å². The van der Waals surface area contributed by atoms with Gasteiger partial charge < -0.3 is 10.1 Å². The Balaban J connectivity index is 1.60. The third kappa shape index (κ3) is 2.77. The number of ether oxygens (including phenoxy) is 1. The van der Waals surface area contributed by atoms with Gasteiger partial charge in [-0.1, -0.05) is 25.2 Å². The van der Waals surface area contributed by atoms with Gasteiger partial charge in [0.05, 0.1) is 6.33 Å². The Morgan fingerprint density at radius 1 is 1.13 bits per heavy atom. The maximum atomic E-state index is 5.86. The molecule has 6 heteroatoms. The molecular formula is C17H21N5O. The monoisotopic (exact) mass is 311 g/mol. The summed E-state index contributed by atoms with van der Waals surface area (Å²) in [7, 11) is 0. The summed E-state index contributed by atoms with van der Waals surface area (Å²) in [4.78, 5) is 13.3. The van der Waals surface area contributed by atoms with E-state index < -0.39 is 0 Å². The van der Waals surface area contributed by atoms with E-state index in [1.54, 1.807) is 12.7 Å². The third-order valence-electron chi connectivity index (χ3n) is 4.80. The van der Waals surface area contributed by atoms with Crippen LogP contribution in [0.15, 0.2) is 12.7 Å². The van der Waals surface area contributed by atoms with E-state index in [4.69, 9.17) is 11.2 Å². The Morgan fingerprint density at radius 3 is 2.78 bits per heavy atom. The zero-order valence-electron chi connectivity index (χ0n) is 13.1. The molecule has 4 rings (SSSR count). The van der Waals surface area contributed by atoms with Crippen LogP contribution in [0.5, 0.6) is 0 Å². The number of aromatic nitrogens is 4. The smallest absolute Gasteiger partial charge is 0.167 e. The van der Waals surface area contributed by atoms with Crippen molar-refractivity contribution in [2.75, 3.05) is 5.32 Å². The first kappa shape index (κ1) is 14.5. The number of nitrogens with one attached hydrogen (secondary N) is 1. The van der Waals surface area contributed by atoms with Gasteiger partial charge in [0.2, 0.25) is 0 Å². The van der Waals surface area contributed by atoms with Gasteiger partial charge in [-0.2, -0.15) is 0 Å². The summed E-state index contributed by atoms with van der Waals surface area (Å²) in [6, 6.07) is 0.487. The second kappa shape index (κ2) is 6.17. The minimum Gasteiger partial charge on any atom is -0.365 e. The van der Waals surface area contributed by atoms with Crippen LogP contribution in [0.25, 0.3) is 11.2 Å². The molecule has 0 aromatic carbocycles. The Kier molecular flexibility index (Phi) is 3.88. The Hall–Kier alpha value is -2.13. The Labute approximate surface area is 135 Å². The van der Waals surface area contributed by atoms with Gasteiger partial charge in [0.1, 0.15) is 18.7 Å². The molecule has 1 aliphatic carbocycles. The van der Waals surface area contributed by atoms with Crippen molar-refractivity contribution in [2.24, 2.45) is 0 Å². The summed E-state index contributed by atoms with van der Waals surface area (Å²) < 4.78 is 7.83. The quantitative estimate of drug-likeness (QED) is 0.883. The van der Waals surface area contributed by atoms with E-state index in [0.717, 1.165) is 29.8 Å². The number of nitrogens with zero attached hydrogens (tertiary/aromatic N) is 4. The molecular weight excluding hydrogens is 290 g/mol. The van der Waals surface area contributed by atoms with Crippen molar-refractivity contribution in [1.82, 2.24) is 19.5 Å². The molecule has 0 radical (unpaired) electrons. The van der Waals surface area contributed by atoms with E-state index in [9.17, 15) is 0 Å². The van der Waals surface area contributed by atoms with Gasteiger partial charge in [0.25, 0.3) is 0 Å². The lowest BCUT2D eigenvalue weighted by Crippen LogP contribution is -2.23. The van der Waals surface area contributed by atoms with Crippen LogP contribution in [-0.4, -0.2) is 31.7 Å². The molecule has 2 aromatic heterocycles. The SMILES string of the molecule is C#C[C@H]1CC[C@H](n2cnc3c(NC4CCCCC4)ncnc32)O1. The second-order valence-electron chi connectivity index (χ2n) is 6.35. The largest absolute Gasteiger partial charge is 0.365 e. The van der Waals surface area contributed by atoms with Crippen molar-refractivity contribution >= 4 is 17.0 Å². The number of hydrogen-bond acceptors (Lipinski definition) is 5. The maximum absolute atomic E-state index is 5.86. The molecule has 2 atom stereocenters. The lowest BCUT2D eigenvalue weighted by Gasteiger charge is -2.23. The minimum absolute atomic E-state index is 0.0847. The first-order valence-corrected chi connectivity index (χ1v) is 8.41. The summed E-state index contributed by atoms with van der Waals surface area (Å²) in [6.07, 6.45) is 16.7. The van der Waals surface area contributed by atoms with Crippen molar-refractivity contribution < 1.29 is 4.74 Å². The highest BCUT2D eigenvalue weighted by Crippen LogP contribution is 2.31. The minimum atomic E-state index is -0.112. The normalized spacial score (nSPS) is 25.5. The summed E-state index contributed by atoms with van der Waals surface area (Å²) in [5, 5.41) is 3.55. The van der Waals surface area contributed by atoms with Crippen LogP contribution in [0.4, 0.5) is 5.82 Å². The van der Waals surface area contributed by atoms with Crippen LogP contribution in [0.3, 0.4) is 0 Å². The maximum Gasteiger partial charge on any atom is 0.167 e. The van der Waals surface area contributed by atoms with Crippen LogP contribution >= 0.6 is 0 Å². The third-order valence-corrected chi connectivity index (χ3v) is 4.80. The highest BCUT2D eigenvalue weighted by atomic mass is 16.5. The number of imidazole rings is 1. The molecule has 1 saturated carbocycles. The van der Waals surface area contributed by atoms with E-state index in [1.165, 1.54) is 32.1 Å². The molecule has 0 bridgehead atoms. The Bertz CT molecular complexity index is 728. The fraction of sp³-hybridized carbons (Fsp3) is 0.588. The van der Waals surface area contributed by atoms with Crippen LogP contribution in [0.2, 0.25) is 0 Å². The van der Waals surface area contributed by atoms with Gasteiger partial charge in [0.15, 0.2) is 17.0 Å². The summed E-state index contributed by atoms with van der Waals surface area (Å²) in [6.45, 7) is 0. The molecule has 0 amide bonds. The average molecular weight is 311 g/mol. The molecule has 3 heterocycles. The van der Waals surface area contributed by atoms with Crippen LogP contribution in [0, 0.1) is 12.3 Å². The molecule has 0 unspecified atom stereocenters. The topological polar surface area (TPSA) is 64.9 Å². The summed E-state index contributed by atoms with van der Waals surface area (Å²) in [5.74, 6) is 3.49. The molecule has 1 saturated heterocycles. The lowest BCUT2D eigenvalue weighted by atomic mass is 9.95. The van der Waals surface area contributed by atoms with Crippen molar-refractivity contribution in [2.45, 2.75) is 63.3 Å². The average Bonchev–Trinajstić information content (AvgIpc) is 3.22. The highest BCUT2D eigenvalue weighted by Gasteiger charge is 2.27. The first-order chi connectivity index (χ1) is 11.3. The Morgan fingerprint density at radius 2 is 2.00 bits per heavy atom. The number of rotatable bonds is 3. The number of hydrogen-bond donors (Lipinski definition) is 1. The predicted molar refractivity (Wildman–Crippen MR) is 87.8 cm³/mol. The molecule has 1 aliphatic heterocycles. The zero-order chi connectivity index (χ0) is 15.6. The van der Waals surface area contributed by atoms with Gasteiger partial charge in [-0.25, -0.2) is 15.0 Å².